The van der Waals surface area contributed by atoms with Gasteiger partial charge in [0.05, 0.1) is 17.8 Å². The van der Waals surface area contributed by atoms with Crippen molar-refractivity contribution in [2.45, 2.75) is 56.6 Å². The van der Waals surface area contributed by atoms with Crippen LogP contribution in [0.5, 0.6) is 0 Å². The largest absolute Gasteiger partial charge is 0.348 e. The maximum atomic E-state index is 12.9. The Morgan fingerprint density at radius 1 is 1.07 bits per heavy atom. The van der Waals surface area contributed by atoms with Gasteiger partial charge >= 0.3 is 0 Å². The van der Waals surface area contributed by atoms with E-state index in [-0.39, 0.29) is 17.2 Å². The summed E-state index contributed by atoms with van der Waals surface area (Å²) in [6, 6.07) is 20.4. The number of nitrogens with zero attached hydrogens (tertiary/aromatic N) is 3. The zero-order valence-corrected chi connectivity index (χ0v) is 18.0. The summed E-state index contributed by atoms with van der Waals surface area (Å²) in [5, 5.41) is 12.2. The number of rotatable bonds is 9. The summed E-state index contributed by atoms with van der Waals surface area (Å²) in [6.07, 6.45) is 1.92. The van der Waals surface area contributed by atoms with Crippen molar-refractivity contribution in [1.29, 1.82) is 0 Å². The summed E-state index contributed by atoms with van der Waals surface area (Å²) < 4.78 is 2.06. The van der Waals surface area contributed by atoms with Crippen LogP contribution in [0.1, 0.15) is 49.7 Å². The minimum Gasteiger partial charge on any atom is -0.348 e. The Bertz CT molecular complexity index is 911. The third-order valence-corrected chi connectivity index (χ3v) is 5.91. The van der Waals surface area contributed by atoms with Gasteiger partial charge in [0.2, 0.25) is 5.91 Å². The van der Waals surface area contributed by atoms with Gasteiger partial charge in [-0.05, 0) is 31.4 Å². The Morgan fingerprint density at radius 2 is 1.72 bits per heavy atom. The Kier molecular flexibility index (Phi) is 7.47. The monoisotopic (exact) mass is 408 g/mol. The van der Waals surface area contributed by atoms with Crippen molar-refractivity contribution >= 4 is 17.7 Å². The molecule has 2 unspecified atom stereocenters. The maximum absolute atomic E-state index is 12.9. The number of aromatic nitrogens is 3. The molecule has 5 nitrogen and oxygen atoms in total. The first kappa shape index (κ1) is 21.1. The summed E-state index contributed by atoms with van der Waals surface area (Å²) in [5.74, 6) is 0.862. The van der Waals surface area contributed by atoms with E-state index in [1.807, 2.05) is 50.2 Å². The van der Waals surface area contributed by atoms with Crippen LogP contribution in [0.2, 0.25) is 0 Å². The van der Waals surface area contributed by atoms with Crippen LogP contribution >= 0.6 is 11.8 Å². The van der Waals surface area contributed by atoms with E-state index in [1.165, 1.54) is 17.3 Å². The van der Waals surface area contributed by atoms with E-state index in [9.17, 15) is 4.79 Å². The van der Waals surface area contributed by atoms with Crippen molar-refractivity contribution in [1.82, 2.24) is 20.1 Å². The molecule has 1 aromatic heterocycles. The molecular formula is C23H28N4OS. The highest BCUT2D eigenvalue weighted by Gasteiger charge is 2.22. The highest BCUT2D eigenvalue weighted by molar-refractivity contribution is 8.00. The van der Waals surface area contributed by atoms with Crippen LogP contribution in [0.4, 0.5) is 0 Å². The fraction of sp³-hybridized carbons (Fsp3) is 0.348. The maximum Gasteiger partial charge on any atom is 0.233 e. The number of benzene rings is 2. The third-order valence-electron chi connectivity index (χ3n) is 4.83. The molecule has 0 saturated heterocycles. The number of nitrogens with one attached hydrogen (secondary N) is 1. The number of hydrogen-bond donors (Lipinski definition) is 1. The molecule has 0 bridgehead atoms. The molecule has 1 N–H and O–H groups in total. The van der Waals surface area contributed by atoms with Gasteiger partial charge in [0.25, 0.3) is 0 Å². The lowest BCUT2D eigenvalue weighted by Gasteiger charge is -2.21. The highest BCUT2D eigenvalue weighted by atomic mass is 32.2. The van der Waals surface area contributed by atoms with Gasteiger partial charge < -0.3 is 9.88 Å². The normalized spacial score (nSPS) is 13.1. The molecule has 1 heterocycles. The molecule has 0 aliphatic carbocycles. The van der Waals surface area contributed by atoms with Gasteiger partial charge in [-0.2, -0.15) is 0 Å². The van der Waals surface area contributed by atoms with Crippen LogP contribution in [0.15, 0.2) is 65.8 Å². The first-order valence-corrected chi connectivity index (χ1v) is 10.9. The predicted octanol–water partition coefficient (Wildman–Crippen LogP) is 4.77. The average Bonchev–Trinajstić information content (AvgIpc) is 3.08. The predicted molar refractivity (Wildman–Crippen MR) is 118 cm³/mol. The Hall–Kier alpha value is -2.60. The number of amides is 1. The molecule has 0 aliphatic heterocycles. The van der Waals surface area contributed by atoms with Gasteiger partial charge in [-0.25, -0.2) is 0 Å². The Labute approximate surface area is 176 Å². The fourth-order valence-electron chi connectivity index (χ4n) is 3.19. The molecule has 29 heavy (non-hydrogen) atoms. The Morgan fingerprint density at radius 3 is 2.38 bits per heavy atom. The summed E-state index contributed by atoms with van der Waals surface area (Å²) in [5.41, 5.74) is 2.32. The van der Waals surface area contributed by atoms with Crippen molar-refractivity contribution in [2.24, 2.45) is 0 Å². The standard InChI is InChI=1S/C23H28N4OS/c1-4-11-21(20-14-9-6-10-15-20)24-22(28)17(2)29-23-26-25-18(3)27(23)16-19-12-7-5-8-13-19/h5-10,12-15,17,21H,4,11,16H2,1-3H3,(H,24,28). The van der Waals surface area contributed by atoms with Crippen molar-refractivity contribution in [3.63, 3.8) is 0 Å². The topological polar surface area (TPSA) is 59.8 Å². The van der Waals surface area contributed by atoms with Crippen LogP contribution in [-0.2, 0) is 11.3 Å². The van der Waals surface area contributed by atoms with Gasteiger partial charge in [-0.15, -0.1) is 10.2 Å². The second-order valence-corrected chi connectivity index (χ2v) is 8.43. The lowest BCUT2D eigenvalue weighted by molar-refractivity contribution is -0.121. The van der Waals surface area contributed by atoms with Gasteiger partial charge in [0, 0.05) is 0 Å². The first-order chi connectivity index (χ1) is 14.1. The van der Waals surface area contributed by atoms with Gasteiger partial charge in [-0.1, -0.05) is 85.8 Å². The fourth-order valence-corrected chi connectivity index (χ4v) is 4.10. The molecule has 0 fully saturated rings. The second-order valence-electron chi connectivity index (χ2n) is 7.12. The van der Waals surface area contributed by atoms with Crippen LogP contribution in [0, 0.1) is 6.92 Å². The Balaban J connectivity index is 1.68. The average molecular weight is 409 g/mol. The van der Waals surface area contributed by atoms with E-state index in [4.69, 9.17) is 0 Å². The minimum absolute atomic E-state index is 0.0178. The molecule has 2 atom stereocenters. The molecule has 0 radical (unpaired) electrons. The molecule has 6 heteroatoms. The van der Waals surface area contributed by atoms with Crippen LogP contribution < -0.4 is 5.32 Å². The molecular weight excluding hydrogens is 380 g/mol. The summed E-state index contributed by atoms with van der Waals surface area (Å²) in [7, 11) is 0. The van der Waals surface area contributed by atoms with E-state index >= 15 is 0 Å². The van der Waals surface area contributed by atoms with Crippen molar-refractivity contribution in [3.8, 4) is 0 Å². The van der Waals surface area contributed by atoms with E-state index in [1.54, 1.807) is 0 Å². The van der Waals surface area contributed by atoms with Crippen LogP contribution in [0.25, 0.3) is 0 Å². The van der Waals surface area contributed by atoms with E-state index in [2.05, 4.69) is 51.3 Å². The number of carbonyl (C=O) groups is 1. The van der Waals surface area contributed by atoms with Crippen molar-refractivity contribution < 1.29 is 4.79 Å². The summed E-state index contributed by atoms with van der Waals surface area (Å²) in [6.45, 7) is 6.69. The van der Waals surface area contributed by atoms with Crippen LogP contribution in [-0.4, -0.2) is 25.9 Å². The molecule has 1 amide bonds. The summed E-state index contributed by atoms with van der Waals surface area (Å²) in [4.78, 5) is 12.9. The van der Waals surface area contributed by atoms with Gasteiger partial charge in [-0.3, -0.25) is 4.79 Å². The molecule has 0 spiro atoms. The third kappa shape index (κ3) is 5.70. The minimum atomic E-state index is -0.267. The second kappa shape index (κ2) is 10.3. The smallest absolute Gasteiger partial charge is 0.233 e. The molecule has 152 valence electrons. The van der Waals surface area contributed by atoms with Crippen molar-refractivity contribution in [2.75, 3.05) is 0 Å². The zero-order valence-electron chi connectivity index (χ0n) is 17.2. The molecule has 2 aromatic carbocycles. The number of carbonyl (C=O) groups excluding carboxylic acids is 1. The zero-order chi connectivity index (χ0) is 20.6. The van der Waals surface area contributed by atoms with Crippen LogP contribution in [0.3, 0.4) is 0 Å². The number of hydrogen-bond acceptors (Lipinski definition) is 4. The quantitative estimate of drug-likeness (QED) is 0.518. The van der Waals surface area contributed by atoms with E-state index in [0.29, 0.717) is 6.54 Å². The molecule has 0 aliphatic rings. The number of aryl methyl sites for hydroxylation is 1. The lowest BCUT2D eigenvalue weighted by Crippen LogP contribution is -2.34. The van der Waals surface area contributed by atoms with Gasteiger partial charge in [0.1, 0.15) is 5.82 Å². The lowest BCUT2D eigenvalue weighted by atomic mass is 10.0. The van der Waals surface area contributed by atoms with E-state index in [0.717, 1.165) is 29.4 Å². The molecule has 0 saturated carbocycles. The van der Waals surface area contributed by atoms with Gasteiger partial charge in [0.15, 0.2) is 5.16 Å². The molecule has 3 aromatic rings. The highest BCUT2D eigenvalue weighted by Crippen LogP contribution is 2.25. The molecule has 3 rings (SSSR count). The van der Waals surface area contributed by atoms with Crippen molar-refractivity contribution in [3.05, 3.63) is 77.6 Å². The first-order valence-electron chi connectivity index (χ1n) is 10.0. The number of thioether (sulfide) groups is 1. The van der Waals surface area contributed by atoms with E-state index < -0.39 is 0 Å². The summed E-state index contributed by atoms with van der Waals surface area (Å²) >= 11 is 1.45. The SMILES string of the molecule is CCCC(NC(=O)C(C)Sc1nnc(C)n1Cc1ccccc1)c1ccccc1.